The van der Waals surface area contributed by atoms with E-state index >= 15 is 0 Å². The Morgan fingerprint density at radius 2 is 1.62 bits per heavy atom. The Balaban J connectivity index is 1.98. The normalized spacial score (nSPS) is 17.4. The molecule has 1 aliphatic heterocycles. The van der Waals surface area contributed by atoms with Crippen molar-refractivity contribution < 1.29 is 29.3 Å². The van der Waals surface area contributed by atoms with E-state index in [0.29, 0.717) is 43.0 Å². The number of rotatable bonds is 10. The molecule has 1 heterocycles. The number of aliphatic hydroxyl groups is 1. The van der Waals surface area contributed by atoms with E-state index < -0.39 is 23.7 Å². The van der Waals surface area contributed by atoms with Gasteiger partial charge in [-0.25, -0.2) is 0 Å². The van der Waals surface area contributed by atoms with Gasteiger partial charge in [-0.2, -0.15) is 0 Å². The molecule has 3 rings (SSSR count). The number of unbranched alkanes of at least 4 members (excludes halogenated alkanes) is 2. The van der Waals surface area contributed by atoms with Crippen molar-refractivity contribution >= 4 is 23.4 Å². The predicted molar refractivity (Wildman–Crippen MR) is 129 cm³/mol. The first-order chi connectivity index (χ1) is 16.2. The van der Waals surface area contributed by atoms with Crippen LogP contribution in [-0.2, 0) is 14.4 Å². The molecule has 0 bridgehead atoms. The second kappa shape index (κ2) is 11.0. The lowest BCUT2D eigenvalue weighted by atomic mass is 9.93. The average molecular weight is 466 g/mol. The van der Waals surface area contributed by atoms with Crippen molar-refractivity contribution in [1.29, 1.82) is 0 Å². The maximum Gasteiger partial charge on any atom is 0.303 e. The topological polar surface area (TPSA) is 104 Å². The van der Waals surface area contributed by atoms with Gasteiger partial charge in [0.15, 0.2) is 0 Å². The number of carboxylic acid groups (broad SMARTS) is 1. The number of likely N-dealkylation sites (tertiary alicyclic amines) is 1. The zero-order valence-electron chi connectivity index (χ0n) is 19.8. The van der Waals surface area contributed by atoms with Gasteiger partial charge in [0.2, 0.25) is 0 Å². The molecule has 34 heavy (non-hydrogen) atoms. The molecule has 0 spiro atoms. The zero-order valence-corrected chi connectivity index (χ0v) is 19.8. The summed E-state index contributed by atoms with van der Waals surface area (Å²) in [5.74, 6) is -1.53. The highest BCUT2D eigenvalue weighted by atomic mass is 16.5. The molecular weight excluding hydrogens is 434 g/mol. The number of methoxy groups -OCH3 is 1. The van der Waals surface area contributed by atoms with Gasteiger partial charge in [0.05, 0.1) is 18.7 Å². The minimum atomic E-state index is -0.856. The summed E-state index contributed by atoms with van der Waals surface area (Å²) in [5, 5.41) is 19.9. The van der Waals surface area contributed by atoms with E-state index in [-0.39, 0.29) is 17.8 Å². The zero-order chi connectivity index (χ0) is 24.8. The number of aliphatic carboxylic acids is 1. The predicted octanol–water partition coefficient (Wildman–Crippen LogP) is 4.89. The highest BCUT2D eigenvalue weighted by molar-refractivity contribution is 6.46. The molecule has 2 aromatic rings. The Hall–Kier alpha value is -3.61. The number of carbonyl (C=O) groups is 3. The number of ketones is 1. The maximum atomic E-state index is 13.1. The van der Waals surface area contributed by atoms with Crippen LogP contribution in [0.1, 0.15) is 68.2 Å². The second-order valence-electron chi connectivity index (χ2n) is 8.75. The molecule has 1 atom stereocenters. The van der Waals surface area contributed by atoms with Crippen LogP contribution in [0.15, 0.2) is 54.1 Å². The molecule has 180 valence electrons. The monoisotopic (exact) mass is 465 g/mol. The van der Waals surface area contributed by atoms with Gasteiger partial charge in [0, 0.05) is 18.5 Å². The van der Waals surface area contributed by atoms with E-state index in [0.717, 1.165) is 11.1 Å². The highest BCUT2D eigenvalue weighted by Gasteiger charge is 2.45. The van der Waals surface area contributed by atoms with Gasteiger partial charge in [-0.3, -0.25) is 14.4 Å². The van der Waals surface area contributed by atoms with Crippen LogP contribution in [0.4, 0.5) is 0 Å². The van der Waals surface area contributed by atoms with Crippen LogP contribution in [0.5, 0.6) is 5.75 Å². The van der Waals surface area contributed by atoms with Gasteiger partial charge in [0.25, 0.3) is 11.7 Å². The van der Waals surface area contributed by atoms with Crippen LogP contribution in [0.3, 0.4) is 0 Å². The van der Waals surface area contributed by atoms with E-state index in [1.165, 1.54) is 12.0 Å². The SMILES string of the molecule is COc1ccc(C(O)=C2C(=O)C(=O)N(CCCCCC(=O)O)[C@@H]2c2ccc(C(C)C)cc2)cc1. The number of hydrogen-bond donors (Lipinski definition) is 2. The Morgan fingerprint density at radius 3 is 2.18 bits per heavy atom. The minimum absolute atomic E-state index is 0.0537. The fraction of sp³-hybridized carbons (Fsp3) is 0.370. The molecule has 1 saturated heterocycles. The van der Waals surface area contributed by atoms with E-state index in [1.807, 2.05) is 24.3 Å². The van der Waals surface area contributed by atoms with E-state index in [9.17, 15) is 19.5 Å². The molecule has 2 N–H and O–H groups in total. The van der Waals surface area contributed by atoms with Crippen molar-refractivity contribution in [2.75, 3.05) is 13.7 Å². The smallest absolute Gasteiger partial charge is 0.303 e. The van der Waals surface area contributed by atoms with E-state index in [2.05, 4.69) is 13.8 Å². The van der Waals surface area contributed by atoms with Gasteiger partial charge in [-0.1, -0.05) is 44.5 Å². The van der Waals surface area contributed by atoms with Crippen molar-refractivity contribution in [3.8, 4) is 5.75 Å². The van der Waals surface area contributed by atoms with Crippen LogP contribution in [0.25, 0.3) is 5.76 Å². The number of aliphatic hydroxyl groups excluding tert-OH is 1. The lowest BCUT2D eigenvalue weighted by Gasteiger charge is -2.25. The van der Waals surface area contributed by atoms with Gasteiger partial charge in [0.1, 0.15) is 11.5 Å². The number of amides is 1. The number of hydrogen-bond acceptors (Lipinski definition) is 5. The van der Waals surface area contributed by atoms with Crippen LogP contribution in [0.2, 0.25) is 0 Å². The summed E-state index contributed by atoms with van der Waals surface area (Å²) in [6, 6.07) is 13.7. The number of ether oxygens (including phenoxy) is 1. The number of carboxylic acids is 1. The number of nitrogens with zero attached hydrogens (tertiary/aromatic N) is 1. The Morgan fingerprint density at radius 1 is 0.971 bits per heavy atom. The molecule has 7 nitrogen and oxygen atoms in total. The van der Waals surface area contributed by atoms with Crippen molar-refractivity contribution in [2.45, 2.75) is 51.5 Å². The van der Waals surface area contributed by atoms with Gasteiger partial charge < -0.3 is 19.8 Å². The van der Waals surface area contributed by atoms with Crippen molar-refractivity contribution in [2.24, 2.45) is 0 Å². The molecule has 1 amide bonds. The minimum Gasteiger partial charge on any atom is -0.507 e. The molecule has 1 aliphatic rings. The molecule has 0 aliphatic carbocycles. The Labute approximate surface area is 199 Å². The van der Waals surface area contributed by atoms with Crippen LogP contribution >= 0.6 is 0 Å². The summed E-state index contributed by atoms with van der Waals surface area (Å²) in [4.78, 5) is 38.3. The Bertz CT molecular complexity index is 1070. The highest BCUT2D eigenvalue weighted by Crippen LogP contribution is 2.40. The summed E-state index contributed by atoms with van der Waals surface area (Å²) < 4.78 is 5.17. The van der Waals surface area contributed by atoms with Gasteiger partial charge in [-0.05, 0) is 54.2 Å². The maximum absolute atomic E-state index is 13.1. The largest absolute Gasteiger partial charge is 0.507 e. The van der Waals surface area contributed by atoms with Gasteiger partial charge >= 0.3 is 5.97 Å². The standard InChI is InChI=1S/C27H31NO6/c1-17(2)18-8-10-19(11-9-18)24-23(25(31)20-12-14-21(34-3)15-13-20)26(32)27(33)28(24)16-6-4-5-7-22(29)30/h8-15,17,24,31H,4-7,16H2,1-3H3,(H,29,30)/t24-/m1/s1. The first kappa shape index (κ1) is 25.0. The summed E-state index contributed by atoms with van der Waals surface area (Å²) >= 11 is 0. The van der Waals surface area contributed by atoms with Crippen LogP contribution < -0.4 is 4.74 Å². The quantitative estimate of drug-likeness (QED) is 0.224. The van der Waals surface area contributed by atoms with E-state index in [1.54, 1.807) is 24.3 Å². The van der Waals surface area contributed by atoms with Crippen molar-refractivity contribution in [3.63, 3.8) is 0 Å². The first-order valence-corrected chi connectivity index (χ1v) is 11.5. The fourth-order valence-corrected chi connectivity index (χ4v) is 4.16. The summed E-state index contributed by atoms with van der Waals surface area (Å²) in [6.45, 7) is 4.46. The summed E-state index contributed by atoms with van der Waals surface area (Å²) in [7, 11) is 1.54. The number of benzene rings is 2. The number of carbonyl (C=O) groups excluding carboxylic acids is 2. The van der Waals surface area contributed by atoms with Crippen molar-refractivity contribution in [3.05, 3.63) is 70.8 Å². The fourth-order valence-electron chi connectivity index (χ4n) is 4.16. The Kier molecular flexibility index (Phi) is 8.10. The molecule has 0 saturated carbocycles. The summed E-state index contributed by atoms with van der Waals surface area (Å²) in [6.07, 6.45) is 1.74. The molecule has 0 unspecified atom stereocenters. The van der Waals surface area contributed by atoms with E-state index in [4.69, 9.17) is 9.84 Å². The third-order valence-electron chi connectivity index (χ3n) is 6.11. The van der Waals surface area contributed by atoms with Crippen molar-refractivity contribution in [1.82, 2.24) is 4.90 Å². The molecular formula is C27H31NO6. The molecule has 1 fully saturated rings. The van der Waals surface area contributed by atoms with Gasteiger partial charge in [-0.15, -0.1) is 0 Å². The van der Waals surface area contributed by atoms with Crippen LogP contribution in [-0.4, -0.2) is 46.4 Å². The number of Topliss-reactive ketones (excluding diaryl/α,β-unsaturated/α-hetero) is 1. The third kappa shape index (κ3) is 5.47. The lowest BCUT2D eigenvalue weighted by molar-refractivity contribution is -0.140. The second-order valence-corrected chi connectivity index (χ2v) is 8.75. The third-order valence-corrected chi connectivity index (χ3v) is 6.11. The molecule has 0 aromatic heterocycles. The average Bonchev–Trinajstić information content (AvgIpc) is 3.08. The molecule has 0 radical (unpaired) electrons. The van der Waals surface area contributed by atoms with Crippen LogP contribution in [0, 0.1) is 0 Å². The summed E-state index contributed by atoms with van der Waals surface area (Å²) in [5.41, 5.74) is 2.34. The molecule has 2 aromatic carbocycles. The lowest BCUT2D eigenvalue weighted by Crippen LogP contribution is -2.30. The molecule has 7 heteroatoms. The first-order valence-electron chi connectivity index (χ1n) is 11.5.